The molecule has 1 aromatic rings. The van der Waals surface area contributed by atoms with Crippen molar-refractivity contribution in [2.45, 2.75) is 19.8 Å². The van der Waals surface area contributed by atoms with Crippen LogP contribution in [-0.4, -0.2) is 48.9 Å². The number of carbonyl (C=O) groups is 1. The van der Waals surface area contributed by atoms with Crippen LogP contribution in [0.15, 0.2) is 5.38 Å². The van der Waals surface area contributed by atoms with Crippen molar-refractivity contribution in [3.63, 3.8) is 0 Å². The normalized spacial score (nSPS) is 14.5. The summed E-state index contributed by atoms with van der Waals surface area (Å²) in [5.41, 5.74) is 6.01. The highest BCUT2D eigenvalue weighted by Crippen LogP contribution is 2.21. The summed E-state index contributed by atoms with van der Waals surface area (Å²) >= 11 is 6.58. The van der Waals surface area contributed by atoms with Gasteiger partial charge in [-0.15, -0.1) is 11.3 Å². The molecule has 1 saturated heterocycles. The number of carbonyl (C=O) groups excluding carboxylic acids is 1. The Morgan fingerprint density at radius 3 is 2.95 bits per heavy atom. The van der Waals surface area contributed by atoms with Gasteiger partial charge < -0.3 is 15.0 Å². The molecule has 0 aromatic carbocycles. The summed E-state index contributed by atoms with van der Waals surface area (Å²) < 4.78 is 5.32. The molecule has 1 aliphatic rings. The van der Waals surface area contributed by atoms with E-state index in [2.05, 4.69) is 26.1 Å². The molecule has 122 valence electrons. The molecule has 1 aliphatic heterocycles. The number of nitrogens with zero attached hydrogens (tertiary/aromatic N) is 2. The predicted octanol–water partition coefficient (Wildman–Crippen LogP) is 0.428. The van der Waals surface area contributed by atoms with Gasteiger partial charge in [-0.05, 0) is 18.6 Å². The van der Waals surface area contributed by atoms with E-state index in [0.717, 1.165) is 50.1 Å². The summed E-state index contributed by atoms with van der Waals surface area (Å²) in [6.45, 7) is 5.96. The molecule has 0 aliphatic carbocycles. The van der Waals surface area contributed by atoms with Gasteiger partial charge in [0, 0.05) is 25.0 Å². The van der Waals surface area contributed by atoms with Crippen molar-refractivity contribution in [1.82, 2.24) is 21.2 Å². The molecule has 2 rings (SSSR count). The Labute approximate surface area is 139 Å². The largest absolute Gasteiger partial charge is 0.378 e. The maximum atomic E-state index is 11.8. The predicted molar refractivity (Wildman–Crippen MR) is 91.0 cm³/mol. The molecule has 7 nitrogen and oxygen atoms in total. The zero-order valence-electron chi connectivity index (χ0n) is 12.6. The number of hydrazine groups is 1. The van der Waals surface area contributed by atoms with Gasteiger partial charge in [-0.3, -0.25) is 15.6 Å². The summed E-state index contributed by atoms with van der Waals surface area (Å²) in [5, 5.41) is 6.25. The first-order valence-electron chi connectivity index (χ1n) is 7.29. The highest BCUT2D eigenvalue weighted by molar-refractivity contribution is 7.80. The number of rotatable bonds is 5. The minimum atomic E-state index is -0.167. The molecule has 0 spiro atoms. The van der Waals surface area contributed by atoms with Gasteiger partial charge in [-0.1, -0.05) is 6.92 Å². The van der Waals surface area contributed by atoms with Crippen molar-refractivity contribution in [1.29, 1.82) is 0 Å². The third kappa shape index (κ3) is 5.39. The molecule has 22 heavy (non-hydrogen) atoms. The zero-order chi connectivity index (χ0) is 15.8. The van der Waals surface area contributed by atoms with Crippen LogP contribution in [0, 0.1) is 0 Å². The number of thiazole rings is 1. The average molecular weight is 343 g/mol. The van der Waals surface area contributed by atoms with Crippen LogP contribution in [0.3, 0.4) is 0 Å². The SMILES string of the molecule is CCCNC(=S)NNC(=O)Cc1csc(N2CCOCC2)n1. The van der Waals surface area contributed by atoms with Gasteiger partial charge in [0.2, 0.25) is 5.91 Å². The Balaban J connectivity index is 1.74. The maximum Gasteiger partial charge on any atom is 0.244 e. The molecule has 0 radical (unpaired) electrons. The summed E-state index contributed by atoms with van der Waals surface area (Å²) in [6.07, 6.45) is 1.20. The Bertz CT molecular complexity index is 502. The first kappa shape index (κ1) is 16.9. The molecule has 1 amide bonds. The number of thiocarbonyl (C=S) groups is 1. The third-order valence-corrected chi connectivity index (χ3v) is 4.21. The Morgan fingerprint density at radius 1 is 1.45 bits per heavy atom. The molecule has 1 fully saturated rings. The lowest BCUT2D eigenvalue weighted by atomic mass is 10.3. The monoisotopic (exact) mass is 343 g/mol. The third-order valence-electron chi connectivity index (χ3n) is 3.01. The van der Waals surface area contributed by atoms with E-state index in [4.69, 9.17) is 17.0 Å². The fraction of sp³-hybridized carbons (Fsp3) is 0.615. The molecule has 1 aromatic heterocycles. The van der Waals surface area contributed by atoms with Crippen LogP contribution in [0.4, 0.5) is 5.13 Å². The van der Waals surface area contributed by atoms with Gasteiger partial charge in [0.05, 0.1) is 25.3 Å². The number of morpholine rings is 1. The summed E-state index contributed by atoms with van der Waals surface area (Å²) in [6, 6.07) is 0. The number of ether oxygens (including phenoxy) is 1. The summed E-state index contributed by atoms with van der Waals surface area (Å²) in [4.78, 5) is 18.5. The minimum Gasteiger partial charge on any atom is -0.378 e. The maximum absolute atomic E-state index is 11.8. The Morgan fingerprint density at radius 2 is 2.23 bits per heavy atom. The van der Waals surface area contributed by atoms with Crippen molar-refractivity contribution in [3.8, 4) is 0 Å². The lowest BCUT2D eigenvalue weighted by molar-refractivity contribution is -0.121. The summed E-state index contributed by atoms with van der Waals surface area (Å²) in [7, 11) is 0. The fourth-order valence-electron chi connectivity index (χ4n) is 1.90. The number of aromatic nitrogens is 1. The van der Waals surface area contributed by atoms with Crippen LogP contribution >= 0.6 is 23.6 Å². The lowest BCUT2D eigenvalue weighted by Gasteiger charge is -2.26. The Hall–Kier alpha value is -1.45. The average Bonchev–Trinajstić information content (AvgIpc) is 3.00. The van der Waals surface area contributed by atoms with Crippen molar-refractivity contribution in [2.24, 2.45) is 0 Å². The van der Waals surface area contributed by atoms with Gasteiger partial charge in [0.25, 0.3) is 0 Å². The molecule has 9 heteroatoms. The molecule has 0 saturated carbocycles. The first-order valence-corrected chi connectivity index (χ1v) is 8.57. The van der Waals surface area contributed by atoms with E-state index in [1.165, 1.54) is 0 Å². The molecular weight excluding hydrogens is 322 g/mol. The van der Waals surface area contributed by atoms with E-state index in [1.54, 1.807) is 11.3 Å². The number of anilines is 1. The van der Waals surface area contributed by atoms with Crippen LogP contribution in [0.1, 0.15) is 19.0 Å². The van der Waals surface area contributed by atoms with E-state index in [0.29, 0.717) is 5.11 Å². The van der Waals surface area contributed by atoms with Crippen molar-refractivity contribution in [3.05, 3.63) is 11.1 Å². The summed E-state index contributed by atoms with van der Waals surface area (Å²) in [5.74, 6) is -0.167. The van der Waals surface area contributed by atoms with E-state index >= 15 is 0 Å². The molecular formula is C13H21N5O2S2. The topological polar surface area (TPSA) is 78.5 Å². The quantitative estimate of drug-likeness (QED) is 0.528. The highest BCUT2D eigenvalue weighted by atomic mass is 32.1. The molecule has 0 bridgehead atoms. The van der Waals surface area contributed by atoms with Gasteiger partial charge in [0.15, 0.2) is 10.2 Å². The lowest BCUT2D eigenvalue weighted by Crippen LogP contribution is -2.47. The van der Waals surface area contributed by atoms with Crippen LogP contribution in [0.25, 0.3) is 0 Å². The molecule has 0 atom stereocenters. The molecule has 2 heterocycles. The molecule has 3 N–H and O–H groups in total. The smallest absolute Gasteiger partial charge is 0.244 e. The standard InChI is InChI=1S/C13H21N5O2S2/c1-2-3-14-12(21)17-16-11(19)8-10-9-22-13(15-10)18-4-6-20-7-5-18/h9H,2-8H2,1H3,(H,16,19)(H2,14,17,21). The zero-order valence-corrected chi connectivity index (χ0v) is 14.2. The number of hydrogen-bond acceptors (Lipinski definition) is 6. The second-order valence-corrected chi connectivity index (χ2v) is 6.07. The first-order chi connectivity index (χ1) is 10.7. The highest BCUT2D eigenvalue weighted by Gasteiger charge is 2.15. The second kappa shape index (κ2) is 8.86. The van der Waals surface area contributed by atoms with Crippen molar-refractivity contribution < 1.29 is 9.53 Å². The van der Waals surface area contributed by atoms with Crippen LogP contribution in [-0.2, 0) is 16.0 Å². The van der Waals surface area contributed by atoms with Gasteiger partial charge >= 0.3 is 0 Å². The Kier molecular flexibility index (Phi) is 6.81. The van der Waals surface area contributed by atoms with Crippen LogP contribution < -0.4 is 21.1 Å². The number of amides is 1. The van der Waals surface area contributed by atoms with Gasteiger partial charge in [0.1, 0.15) is 0 Å². The van der Waals surface area contributed by atoms with Crippen molar-refractivity contribution >= 4 is 39.7 Å². The van der Waals surface area contributed by atoms with Gasteiger partial charge in [-0.25, -0.2) is 4.98 Å². The molecule has 0 unspecified atom stereocenters. The van der Waals surface area contributed by atoms with E-state index in [9.17, 15) is 4.79 Å². The second-order valence-electron chi connectivity index (χ2n) is 4.83. The van der Waals surface area contributed by atoms with E-state index < -0.39 is 0 Å². The number of hydrogen-bond donors (Lipinski definition) is 3. The van der Waals surface area contributed by atoms with Gasteiger partial charge in [-0.2, -0.15) is 0 Å². The number of nitrogens with one attached hydrogen (secondary N) is 3. The van der Waals surface area contributed by atoms with Crippen LogP contribution in [0.5, 0.6) is 0 Å². The van der Waals surface area contributed by atoms with Crippen LogP contribution in [0.2, 0.25) is 0 Å². The minimum absolute atomic E-state index is 0.167. The van der Waals surface area contributed by atoms with E-state index in [1.807, 2.05) is 12.3 Å². The fourth-order valence-corrected chi connectivity index (χ4v) is 2.93. The van der Waals surface area contributed by atoms with E-state index in [-0.39, 0.29) is 12.3 Å². The van der Waals surface area contributed by atoms with Crippen molar-refractivity contribution in [2.75, 3.05) is 37.7 Å².